The lowest BCUT2D eigenvalue weighted by Gasteiger charge is -2.38. The zero-order valence-electron chi connectivity index (χ0n) is 18.5. The van der Waals surface area contributed by atoms with Gasteiger partial charge >= 0.3 is 0 Å². The molecule has 1 atom stereocenters. The van der Waals surface area contributed by atoms with Crippen LogP contribution < -0.4 is 4.90 Å². The molecule has 5 rings (SSSR count). The van der Waals surface area contributed by atoms with Gasteiger partial charge in [0.15, 0.2) is 0 Å². The third kappa shape index (κ3) is 4.24. The van der Waals surface area contributed by atoms with Crippen LogP contribution >= 0.6 is 0 Å². The van der Waals surface area contributed by atoms with E-state index in [9.17, 15) is 4.79 Å². The number of carbonyl (C=O) groups excluding carboxylic acids is 1. The molecule has 4 aliphatic rings. The van der Waals surface area contributed by atoms with Crippen LogP contribution in [0.1, 0.15) is 60.9 Å². The Morgan fingerprint density at radius 3 is 2.60 bits per heavy atom. The third-order valence-electron chi connectivity index (χ3n) is 7.88. The lowest BCUT2D eigenvalue weighted by atomic mass is 9.98. The first-order valence-corrected chi connectivity index (χ1v) is 12.4. The molecular formula is C25H38N4O. The predicted molar refractivity (Wildman–Crippen MR) is 122 cm³/mol. The highest BCUT2D eigenvalue weighted by molar-refractivity contribution is 6.01. The standard InChI is InChI=1S/C25H38N4O/c30-25-23-9-6-7-21-10-16-28(24(21)23)18-20-29(25)19-17-27-14-5-2-8-22(27)11-15-26-12-3-1-4-13-26/h6-7,9,22H,1-5,8,10-20H2. The molecule has 1 aromatic carbocycles. The number of hydrogen-bond donors (Lipinski definition) is 0. The molecule has 5 heteroatoms. The van der Waals surface area contributed by atoms with Gasteiger partial charge in [0.1, 0.15) is 0 Å². The van der Waals surface area contributed by atoms with Crippen LogP contribution in [-0.4, -0.2) is 85.6 Å². The van der Waals surface area contributed by atoms with E-state index in [0.717, 1.165) is 44.7 Å². The summed E-state index contributed by atoms with van der Waals surface area (Å²) >= 11 is 0. The molecule has 0 bridgehead atoms. The van der Waals surface area contributed by atoms with Gasteiger partial charge in [-0.3, -0.25) is 9.69 Å². The van der Waals surface area contributed by atoms with E-state index < -0.39 is 0 Å². The van der Waals surface area contributed by atoms with E-state index in [1.807, 2.05) is 6.07 Å². The fourth-order valence-corrected chi connectivity index (χ4v) is 6.10. The number of rotatable bonds is 6. The van der Waals surface area contributed by atoms with Crippen molar-refractivity contribution in [1.29, 1.82) is 0 Å². The minimum atomic E-state index is 0.248. The van der Waals surface area contributed by atoms with Crippen LogP contribution in [0.4, 0.5) is 5.69 Å². The van der Waals surface area contributed by atoms with Gasteiger partial charge in [0.05, 0.1) is 11.3 Å². The first-order valence-electron chi connectivity index (χ1n) is 12.4. The van der Waals surface area contributed by atoms with Crippen LogP contribution in [0.25, 0.3) is 0 Å². The molecule has 4 heterocycles. The van der Waals surface area contributed by atoms with Gasteiger partial charge in [-0.05, 0) is 76.3 Å². The van der Waals surface area contributed by atoms with Gasteiger partial charge in [0.2, 0.25) is 0 Å². The Balaban J connectivity index is 1.19. The maximum Gasteiger partial charge on any atom is 0.256 e. The molecule has 30 heavy (non-hydrogen) atoms. The molecule has 0 N–H and O–H groups in total. The van der Waals surface area contributed by atoms with E-state index in [1.165, 1.54) is 82.4 Å². The highest BCUT2D eigenvalue weighted by Gasteiger charge is 2.32. The molecule has 164 valence electrons. The number of benzene rings is 1. The van der Waals surface area contributed by atoms with Gasteiger partial charge in [0.25, 0.3) is 5.91 Å². The van der Waals surface area contributed by atoms with Gasteiger partial charge in [0, 0.05) is 38.8 Å². The quantitative estimate of drug-likeness (QED) is 0.720. The Morgan fingerprint density at radius 2 is 1.70 bits per heavy atom. The van der Waals surface area contributed by atoms with Crippen LogP contribution in [0, 0.1) is 0 Å². The van der Waals surface area contributed by atoms with Crippen molar-refractivity contribution >= 4 is 11.6 Å². The first-order chi connectivity index (χ1) is 14.8. The average Bonchev–Trinajstić information content (AvgIpc) is 3.16. The van der Waals surface area contributed by atoms with Crippen LogP contribution in [0.3, 0.4) is 0 Å². The maximum absolute atomic E-state index is 13.3. The third-order valence-corrected chi connectivity index (χ3v) is 7.88. The van der Waals surface area contributed by atoms with E-state index in [-0.39, 0.29) is 5.91 Å². The molecule has 5 nitrogen and oxygen atoms in total. The molecule has 1 unspecified atom stereocenters. The number of hydrogen-bond acceptors (Lipinski definition) is 4. The number of amides is 1. The second kappa shape index (κ2) is 9.27. The number of likely N-dealkylation sites (tertiary alicyclic amines) is 2. The smallest absolute Gasteiger partial charge is 0.256 e. The summed E-state index contributed by atoms with van der Waals surface area (Å²) in [6.07, 6.45) is 10.6. The van der Waals surface area contributed by atoms with Crippen LogP contribution in [-0.2, 0) is 6.42 Å². The predicted octanol–water partition coefficient (Wildman–Crippen LogP) is 3.24. The second-order valence-corrected chi connectivity index (χ2v) is 9.72. The van der Waals surface area contributed by atoms with Crippen molar-refractivity contribution < 1.29 is 4.79 Å². The molecule has 0 radical (unpaired) electrons. The van der Waals surface area contributed by atoms with Gasteiger partial charge < -0.3 is 14.7 Å². The molecule has 1 amide bonds. The van der Waals surface area contributed by atoms with Crippen molar-refractivity contribution in [3.63, 3.8) is 0 Å². The zero-order valence-corrected chi connectivity index (χ0v) is 18.5. The molecule has 0 aromatic heterocycles. The summed E-state index contributed by atoms with van der Waals surface area (Å²) in [6.45, 7) is 9.88. The summed E-state index contributed by atoms with van der Waals surface area (Å²) in [4.78, 5) is 23.3. The number of para-hydroxylation sites is 1. The molecule has 0 spiro atoms. The van der Waals surface area contributed by atoms with Crippen molar-refractivity contribution in [2.75, 3.05) is 63.8 Å². The highest BCUT2D eigenvalue weighted by Crippen LogP contribution is 2.34. The van der Waals surface area contributed by atoms with E-state index in [4.69, 9.17) is 0 Å². The fraction of sp³-hybridized carbons (Fsp3) is 0.720. The summed E-state index contributed by atoms with van der Waals surface area (Å²) in [5.74, 6) is 0.248. The monoisotopic (exact) mass is 410 g/mol. The summed E-state index contributed by atoms with van der Waals surface area (Å²) < 4.78 is 0. The summed E-state index contributed by atoms with van der Waals surface area (Å²) in [5.41, 5.74) is 3.52. The minimum Gasteiger partial charge on any atom is -0.369 e. The topological polar surface area (TPSA) is 30.0 Å². The first kappa shape index (κ1) is 20.3. The molecule has 2 saturated heterocycles. The van der Waals surface area contributed by atoms with Crippen molar-refractivity contribution in [3.05, 3.63) is 29.3 Å². The number of anilines is 1. The Kier molecular flexibility index (Phi) is 6.28. The van der Waals surface area contributed by atoms with E-state index >= 15 is 0 Å². The van der Waals surface area contributed by atoms with Crippen molar-refractivity contribution in [3.8, 4) is 0 Å². The Hall–Kier alpha value is -1.59. The molecule has 0 aliphatic carbocycles. The maximum atomic E-state index is 13.3. The Labute approximate surface area is 182 Å². The largest absolute Gasteiger partial charge is 0.369 e. The lowest BCUT2D eigenvalue weighted by molar-refractivity contribution is 0.0693. The second-order valence-electron chi connectivity index (χ2n) is 9.72. The summed E-state index contributed by atoms with van der Waals surface area (Å²) in [6, 6.07) is 7.01. The van der Waals surface area contributed by atoms with Crippen molar-refractivity contribution in [1.82, 2.24) is 14.7 Å². The summed E-state index contributed by atoms with van der Waals surface area (Å²) in [7, 11) is 0. The van der Waals surface area contributed by atoms with Gasteiger partial charge in [-0.25, -0.2) is 0 Å². The normalized spacial score (nSPS) is 25.5. The molecule has 1 aromatic rings. The molecular weight excluding hydrogens is 372 g/mol. The average molecular weight is 411 g/mol. The van der Waals surface area contributed by atoms with Crippen LogP contribution in [0.15, 0.2) is 18.2 Å². The lowest BCUT2D eigenvalue weighted by Crippen LogP contribution is -2.47. The Morgan fingerprint density at radius 1 is 0.833 bits per heavy atom. The van der Waals surface area contributed by atoms with E-state index in [0.29, 0.717) is 6.04 Å². The molecule has 0 saturated carbocycles. The van der Waals surface area contributed by atoms with Crippen LogP contribution in [0.5, 0.6) is 0 Å². The van der Waals surface area contributed by atoms with Gasteiger partial charge in [-0.2, -0.15) is 0 Å². The van der Waals surface area contributed by atoms with Crippen molar-refractivity contribution in [2.24, 2.45) is 0 Å². The summed E-state index contributed by atoms with van der Waals surface area (Å²) in [5, 5.41) is 0. The fourth-order valence-electron chi connectivity index (χ4n) is 6.10. The number of nitrogens with zero attached hydrogens (tertiary/aromatic N) is 4. The van der Waals surface area contributed by atoms with Gasteiger partial charge in [-0.1, -0.05) is 25.0 Å². The minimum absolute atomic E-state index is 0.248. The Bertz CT molecular complexity index is 745. The van der Waals surface area contributed by atoms with Crippen molar-refractivity contribution in [2.45, 2.75) is 57.4 Å². The van der Waals surface area contributed by atoms with E-state index in [2.05, 4.69) is 31.7 Å². The zero-order chi connectivity index (χ0) is 20.3. The SMILES string of the molecule is O=C1c2cccc3c2N(CC3)CCN1CCN1CCCCC1CCN1CCCCC1. The van der Waals surface area contributed by atoms with E-state index in [1.54, 1.807) is 0 Å². The van der Waals surface area contributed by atoms with Crippen LogP contribution in [0.2, 0.25) is 0 Å². The molecule has 2 fully saturated rings. The van der Waals surface area contributed by atoms with Gasteiger partial charge in [-0.15, -0.1) is 0 Å². The highest BCUT2D eigenvalue weighted by atomic mass is 16.2. The number of carbonyl (C=O) groups is 1. The number of piperidine rings is 2. The molecule has 4 aliphatic heterocycles.